The van der Waals surface area contributed by atoms with Gasteiger partial charge in [-0.05, 0) is 19.9 Å². The summed E-state index contributed by atoms with van der Waals surface area (Å²) in [6.07, 6.45) is 3.24. The van der Waals surface area contributed by atoms with Gasteiger partial charge in [-0.1, -0.05) is 23.4 Å². The number of rotatable bonds is 5. The van der Waals surface area contributed by atoms with Crippen LogP contribution in [0.5, 0.6) is 0 Å². The van der Waals surface area contributed by atoms with Gasteiger partial charge in [-0.3, -0.25) is 9.48 Å². The van der Waals surface area contributed by atoms with Crippen molar-refractivity contribution in [3.05, 3.63) is 65.0 Å². The molecule has 7 nitrogen and oxygen atoms in total. The summed E-state index contributed by atoms with van der Waals surface area (Å²) in [4.78, 5) is 12.4. The van der Waals surface area contributed by atoms with Gasteiger partial charge in [0.2, 0.25) is 0 Å². The average Bonchev–Trinajstić information content (AvgIpc) is 3.17. The largest absolute Gasteiger partial charge is 0.344 e. The van der Waals surface area contributed by atoms with E-state index in [1.54, 1.807) is 29.1 Å². The van der Waals surface area contributed by atoms with Gasteiger partial charge in [0.15, 0.2) is 5.69 Å². The zero-order valence-electron chi connectivity index (χ0n) is 14.3. The third-order valence-electron chi connectivity index (χ3n) is 4.15. The smallest absolute Gasteiger partial charge is 0.273 e. The van der Waals surface area contributed by atoms with Gasteiger partial charge in [0.25, 0.3) is 5.91 Å². The second kappa shape index (κ2) is 6.84. The van der Waals surface area contributed by atoms with Gasteiger partial charge in [0.05, 0.1) is 25.0 Å². The van der Waals surface area contributed by atoms with E-state index >= 15 is 0 Å². The fourth-order valence-corrected chi connectivity index (χ4v) is 2.57. The quantitative estimate of drug-likeness (QED) is 0.769. The molecule has 0 radical (unpaired) electrons. The van der Waals surface area contributed by atoms with Gasteiger partial charge in [0.1, 0.15) is 5.82 Å². The Morgan fingerprint density at radius 3 is 2.80 bits per heavy atom. The Bertz CT molecular complexity index is 900. The summed E-state index contributed by atoms with van der Waals surface area (Å²) >= 11 is 0. The molecule has 2 aromatic heterocycles. The van der Waals surface area contributed by atoms with E-state index in [0.717, 1.165) is 11.3 Å². The van der Waals surface area contributed by atoms with Crippen LogP contribution in [0.3, 0.4) is 0 Å². The zero-order chi connectivity index (χ0) is 18.0. The van der Waals surface area contributed by atoms with Crippen molar-refractivity contribution in [1.29, 1.82) is 0 Å². The van der Waals surface area contributed by atoms with Crippen molar-refractivity contribution in [2.75, 3.05) is 0 Å². The Labute approximate surface area is 144 Å². The summed E-state index contributed by atoms with van der Waals surface area (Å²) < 4.78 is 16.9. The highest BCUT2D eigenvalue weighted by Gasteiger charge is 2.18. The molecular formula is C17H19FN6O. The van der Waals surface area contributed by atoms with Gasteiger partial charge < -0.3 is 5.32 Å². The van der Waals surface area contributed by atoms with Crippen LogP contribution in [0.2, 0.25) is 0 Å². The Balaban J connectivity index is 1.68. The molecule has 25 heavy (non-hydrogen) atoms. The minimum absolute atomic E-state index is 0.185. The molecule has 0 saturated carbocycles. The summed E-state index contributed by atoms with van der Waals surface area (Å²) in [5.41, 5.74) is 2.59. The van der Waals surface area contributed by atoms with Crippen LogP contribution >= 0.6 is 0 Å². The van der Waals surface area contributed by atoms with Crippen molar-refractivity contribution >= 4 is 5.91 Å². The second-order valence-electron chi connectivity index (χ2n) is 5.90. The first kappa shape index (κ1) is 16.8. The Morgan fingerprint density at radius 1 is 1.36 bits per heavy atom. The molecule has 0 bridgehead atoms. The molecule has 3 rings (SSSR count). The predicted octanol–water partition coefficient (Wildman–Crippen LogP) is 2.00. The van der Waals surface area contributed by atoms with E-state index in [-0.39, 0.29) is 30.0 Å². The maximum Gasteiger partial charge on any atom is 0.273 e. The van der Waals surface area contributed by atoms with Crippen molar-refractivity contribution in [2.45, 2.75) is 26.4 Å². The number of aryl methyl sites for hydroxylation is 1. The summed E-state index contributed by atoms with van der Waals surface area (Å²) in [5.74, 6) is -0.653. The highest BCUT2D eigenvalue weighted by Crippen LogP contribution is 2.16. The molecule has 0 aliphatic heterocycles. The van der Waals surface area contributed by atoms with Crippen LogP contribution in [0.15, 0.2) is 36.7 Å². The Kier molecular flexibility index (Phi) is 4.60. The highest BCUT2D eigenvalue weighted by molar-refractivity contribution is 5.92. The number of halogens is 1. The van der Waals surface area contributed by atoms with Crippen LogP contribution < -0.4 is 5.32 Å². The standard InChI is InChI=1S/C17H19FN6O/c1-11(14-8-19-23(3)12(14)2)20-17(25)16-10-24(22-21-16)9-13-6-4-5-7-15(13)18/h4-8,10-11H,9H2,1-3H3,(H,20,25). The number of hydrogen-bond acceptors (Lipinski definition) is 4. The first-order chi connectivity index (χ1) is 12.0. The number of nitrogens with zero attached hydrogens (tertiary/aromatic N) is 5. The number of carbonyl (C=O) groups is 1. The lowest BCUT2D eigenvalue weighted by molar-refractivity contribution is 0.0934. The number of benzene rings is 1. The van der Waals surface area contributed by atoms with Crippen molar-refractivity contribution in [3.63, 3.8) is 0 Å². The fourth-order valence-electron chi connectivity index (χ4n) is 2.57. The maximum absolute atomic E-state index is 13.7. The lowest BCUT2D eigenvalue weighted by atomic mass is 10.1. The molecule has 130 valence electrons. The molecule has 0 fully saturated rings. The topological polar surface area (TPSA) is 77.6 Å². The van der Waals surface area contributed by atoms with E-state index in [9.17, 15) is 9.18 Å². The molecule has 0 aliphatic carbocycles. The van der Waals surface area contributed by atoms with Crippen LogP contribution in [-0.4, -0.2) is 30.7 Å². The number of carbonyl (C=O) groups excluding carboxylic acids is 1. The first-order valence-electron chi connectivity index (χ1n) is 7.88. The van der Waals surface area contributed by atoms with Crippen LogP contribution in [0.4, 0.5) is 4.39 Å². The monoisotopic (exact) mass is 342 g/mol. The van der Waals surface area contributed by atoms with Crippen molar-refractivity contribution in [1.82, 2.24) is 30.1 Å². The fraction of sp³-hybridized carbons (Fsp3) is 0.294. The van der Waals surface area contributed by atoms with Crippen LogP contribution in [0, 0.1) is 12.7 Å². The lowest BCUT2D eigenvalue weighted by Gasteiger charge is -2.12. The van der Waals surface area contributed by atoms with Crippen molar-refractivity contribution in [3.8, 4) is 0 Å². The van der Waals surface area contributed by atoms with Gasteiger partial charge in [-0.2, -0.15) is 5.10 Å². The SMILES string of the molecule is Cc1c(C(C)NC(=O)c2cn(Cc3ccccc3F)nn2)cnn1C. The third kappa shape index (κ3) is 3.57. The van der Waals surface area contributed by atoms with Crippen molar-refractivity contribution < 1.29 is 9.18 Å². The summed E-state index contributed by atoms with van der Waals surface area (Å²) in [7, 11) is 1.85. The molecule has 1 amide bonds. The highest BCUT2D eigenvalue weighted by atomic mass is 19.1. The maximum atomic E-state index is 13.7. The van der Waals surface area contributed by atoms with Gasteiger partial charge in [0, 0.05) is 23.9 Å². The molecule has 1 N–H and O–H groups in total. The van der Waals surface area contributed by atoms with Gasteiger partial charge in [-0.15, -0.1) is 5.10 Å². The number of nitrogens with one attached hydrogen (secondary N) is 1. The minimum Gasteiger partial charge on any atom is -0.344 e. The number of hydrogen-bond donors (Lipinski definition) is 1. The van der Waals surface area contributed by atoms with Crippen molar-refractivity contribution in [2.24, 2.45) is 7.05 Å². The third-order valence-corrected chi connectivity index (χ3v) is 4.15. The molecular weight excluding hydrogens is 323 g/mol. The van der Waals surface area contributed by atoms with E-state index in [1.165, 1.54) is 16.9 Å². The predicted molar refractivity (Wildman–Crippen MR) is 89.4 cm³/mol. The molecule has 0 saturated heterocycles. The minimum atomic E-state index is -0.337. The molecule has 2 heterocycles. The lowest BCUT2D eigenvalue weighted by Crippen LogP contribution is -2.27. The normalized spacial score (nSPS) is 12.2. The summed E-state index contributed by atoms with van der Waals surface area (Å²) in [6, 6.07) is 6.22. The Hall–Kier alpha value is -3.03. The molecule has 1 atom stereocenters. The molecule has 1 unspecified atom stereocenters. The van der Waals surface area contributed by atoms with E-state index < -0.39 is 0 Å². The molecule has 8 heteroatoms. The van der Waals surface area contributed by atoms with E-state index in [4.69, 9.17) is 0 Å². The number of amides is 1. The van der Waals surface area contributed by atoms with Gasteiger partial charge in [-0.25, -0.2) is 9.07 Å². The van der Waals surface area contributed by atoms with Crippen LogP contribution in [-0.2, 0) is 13.6 Å². The Morgan fingerprint density at radius 2 is 2.12 bits per heavy atom. The molecule has 1 aromatic carbocycles. The van der Waals surface area contributed by atoms with Gasteiger partial charge >= 0.3 is 0 Å². The van der Waals surface area contributed by atoms with Crippen LogP contribution in [0.25, 0.3) is 0 Å². The molecule has 3 aromatic rings. The summed E-state index contributed by atoms with van der Waals surface area (Å²) in [6.45, 7) is 4.03. The molecule has 0 spiro atoms. The van der Waals surface area contributed by atoms with Crippen LogP contribution in [0.1, 0.15) is 40.3 Å². The first-order valence-corrected chi connectivity index (χ1v) is 7.88. The summed E-state index contributed by atoms with van der Waals surface area (Å²) in [5, 5.41) is 14.8. The average molecular weight is 342 g/mol. The van der Waals surface area contributed by atoms with E-state index in [1.807, 2.05) is 20.9 Å². The molecule has 0 aliphatic rings. The zero-order valence-corrected chi connectivity index (χ0v) is 14.3. The van der Waals surface area contributed by atoms with E-state index in [0.29, 0.717) is 5.56 Å². The second-order valence-corrected chi connectivity index (χ2v) is 5.90. The van der Waals surface area contributed by atoms with E-state index in [2.05, 4.69) is 20.7 Å². The number of aromatic nitrogens is 5.